The number of hydrogen-bond acceptors (Lipinski definition) is 3. The summed E-state index contributed by atoms with van der Waals surface area (Å²) in [7, 11) is 1.65. The van der Waals surface area contributed by atoms with Crippen molar-refractivity contribution in [3.8, 4) is 5.75 Å². The predicted octanol–water partition coefficient (Wildman–Crippen LogP) is 1.49. The summed E-state index contributed by atoms with van der Waals surface area (Å²) in [6, 6.07) is 7.82. The van der Waals surface area contributed by atoms with Gasteiger partial charge in [0, 0.05) is 18.5 Å². The number of amides is 1. The van der Waals surface area contributed by atoms with Gasteiger partial charge in [0.2, 0.25) is 5.91 Å². The zero-order chi connectivity index (χ0) is 11.5. The van der Waals surface area contributed by atoms with Crippen molar-refractivity contribution in [3.05, 3.63) is 29.8 Å². The Labute approximate surface area is 95.2 Å². The van der Waals surface area contributed by atoms with E-state index < -0.39 is 0 Å². The normalized spacial score (nSPS) is 20.2. The number of para-hydroxylation sites is 1. The van der Waals surface area contributed by atoms with Crippen LogP contribution in [0.25, 0.3) is 0 Å². The molecule has 1 aromatic rings. The van der Waals surface area contributed by atoms with E-state index in [1.807, 2.05) is 31.2 Å². The molecule has 0 saturated carbocycles. The number of carbonyl (C=O) groups excluding carboxylic acids is 1. The van der Waals surface area contributed by atoms with Gasteiger partial charge >= 0.3 is 0 Å². The summed E-state index contributed by atoms with van der Waals surface area (Å²) in [5.74, 6) is 0.962. The summed E-state index contributed by atoms with van der Waals surface area (Å²) >= 11 is 0. The molecule has 16 heavy (non-hydrogen) atoms. The summed E-state index contributed by atoms with van der Waals surface area (Å²) < 4.78 is 5.29. The molecule has 1 aromatic carbocycles. The van der Waals surface area contributed by atoms with E-state index in [-0.39, 0.29) is 11.9 Å². The highest BCUT2D eigenvalue weighted by Crippen LogP contribution is 2.30. The summed E-state index contributed by atoms with van der Waals surface area (Å²) in [5, 5.41) is 1.65. The van der Waals surface area contributed by atoms with Crippen LogP contribution in [0, 0.1) is 0 Å². The Morgan fingerprint density at radius 1 is 1.50 bits per heavy atom. The van der Waals surface area contributed by atoms with Crippen LogP contribution >= 0.6 is 0 Å². The van der Waals surface area contributed by atoms with Gasteiger partial charge in [-0.15, -0.1) is 0 Å². The van der Waals surface area contributed by atoms with Gasteiger partial charge in [-0.05, 0) is 13.0 Å². The Morgan fingerprint density at radius 3 is 2.88 bits per heavy atom. The lowest BCUT2D eigenvalue weighted by Crippen LogP contribution is -2.34. The highest BCUT2D eigenvalue weighted by Gasteiger charge is 2.30. The second-order valence-corrected chi connectivity index (χ2v) is 3.77. The third kappa shape index (κ3) is 1.88. The number of carbonyl (C=O) groups is 1. The van der Waals surface area contributed by atoms with Gasteiger partial charge in [0.25, 0.3) is 0 Å². The van der Waals surface area contributed by atoms with Crippen molar-refractivity contribution < 1.29 is 9.53 Å². The summed E-state index contributed by atoms with van der Waals surface area (Å²) in [6.07, 6.45) is 0.494. The van der Waals surface area contributed by atoms with Gasteiger partial charge in [-0.25, -0.2) is 5.43 Å². The molecule has 1 amide bonds. The van der Waals surface area contributed by atoms with Crippen LogP contribution in [-0.4, -0.2) is 24.6 Å². The fraction of sp³-hybridized carbons (Fsp3) is 0.417. The Hall–Kier alpha value is -1.55. The van der Waals surface area contributed by atoms with Crippen LogP contribution < -0.4 is 10.2 Å². The van der Waals surface area contributed by atoms with Crippen LogP contribution in [0.2, 0.25) is 0 Å². The molecule has 0 radical (unpaired) electrons. The first kappa shape index (κ1) is 11.0. The number of hydrazine groups is 1. The van der Waals surface area contributed by atoms with E-state index in [9.17, 15) is 4.79 Å². The fourth-order valence-electron chi connectivity index (χ4n) is 1.99. The molecule has 0 aromatic heterocycles. The van der Waals surface area contributed by atoms with Crippen molar-refractivity contribution in [1.82, 2.24) is 10.4 Å². The van der Waals surface area contributed by atoms with Crippen molar-refractivity contribution in [3.63, 3.8) is 0 Å². The highest BCUT2D eigenvalue weighted by atomic mass is 16.5. The second-order valence-electron chi connectivity index (χ2n) is 3.77. The fourth-order valence-corrected chi connectivity index (χ4v) is 1.99. The summed E-state index contributed by atoms with van der Waals surface area (Å²) in [6.45, 7) is 2.64. The van der Waals surface area contributed by atoms with Crippen molar-refractivity contribution in [2.45, 2.75) is 19.4 Å². The first-order chi connectivity index (χ1) is 7.76. The number of ether oxygens (including phenoxy) is 1. The quantitative estimate of drug-likeness (QED) is 0.839. The minimum absolute atomic E-state index is 0.0311. The maximum absolute atomic E-state index is 11.6. The molecule has 4 nitrogen and oxygen atoms in total. The molecule has 4 heteroatoms. The number of hydrogen-bond donors (Lipinski definition) is 1. The van der Waals surface area contributed by atoms with E-state index in [1.54, 1.807) is 12.1 Å². The Balaban J connectivity index is 2.23. The second kappa shape index (κ2) is 4.53. The summed E-state index contributed by atoms with van der Waals surface area (Å²) in [5.41, 5.74) is 4.22. The molecule has 1 aliphatic rings. The van der Waals surface area contributed by atoms with Crippen LogP contribution in [0.15, 0.2) is 24.3 Å². The zero-order valence-electron chi connectivity index (χ0n) is 9.56. The molecule has 0 spiro atoms. The van der Waals surface area contributed by atoms with Crippen molar-refractivity contribution in [1.29, 1.82) is 0 Å². The molecule has 1 atom stereocenters. The van der Waals surface area contributed by atoms with Crippen LogP contribution in [0.4, 0.5) is 0 Å². The maximum atomic E-state index is 11.6. The molecule has 1 aliphatic heterocycles. The van der Waals surface area contributed by atoms with Crippen LogP contribution in [0.5, 0.6) is 5.75 Å². The smallest absolute Gasteiger partial charge is 0.238 e. The van der Waals surface area contributed by atoms with E-state index in [4.69, 9.17) is 4.74 Å². The number of nitrogens with zero attached hydrogens (tertiary/aromatic N) is 1. The Morgan fingerprint density at radius 2 is 2.25 bits per heavy atom. The molecule has 1 unspecified atom stereocenters. The lowest BCUT2D eigenvalue weighted by Gasteiger charge is -2.17. The maximum Gasteiger partial charge on any atom is 0.238 e. The number of rotatable bonds is 3. The molecule has 1 N–H and O–H groups in total. The molecule has 1 fully saturated rings. The molecular weight excluding hydrogens is 204 g/mol. The van der Waals surface area contributed by atoms with Crippen molar-refractivity contribution >= 4 is 5.91 Å². The van der Waals surface area contributed by atoms with Crippen molar-refractivity contribution in [2.75, 3.05) is 13.7 Å². The monoisotopic (exact) mass is 220 g/mol. The minimum Gasteiger partial charge on any atom is -0.496 e. The van der Waals surface area contributed by atoms with Crippen molar-refractivity contribution in [2.24, 2.45) is 0 Å². The lowest BCUT2D eigenvalue weighted by atomic mass is 10.0. The van der Waals surface area contributed by atoms with E-state index in [0.717, 1.165) is 11.3 Å². The largest absolute Gasteiger partial charge is 0.496 e. The van der Waals surface area contributed by atoms with Gasteiger partial charge in [-0.3, -0.25) is 9.80 Å². The molecule has 86 valence electrons. The number of benzene rings is 1. The van der Waals surface area contributed by atoms with Crippen LogP contribution in [0.1, 0.15) is 24.9 Å². The van der Waals surface area contributed by atoms with Crippen LogP contribution in [-0.2, 0) is 4.79 Å². The first-order valence-corrected chi connectivity index (χ1v) is 5.45. The van der Waals surface area contributed by atoms with E-state index in [0.29, 0.717) is 13.0 Å². The molecule has 1 heterocycles. The molecule has 0 bridgehead atoms. The third-order valence-corrected chi connectivity index (χ3v) is 2.82. The van der Waals surface area contributed by atoms with E-state index in [1.165, 1.54) is 0 Å². The topological polar surface area (TPSA) is 41.6 Å². The highest BCUT2D eigenvalue weighted by molar-refractivity contribution is 5.78. The van der Waals surface area contributed by atoms with Gasteiger partial charge in [0.05, 0.1) is 13.2 Å². The third-order valence-electron chi connectivity index (χ3n) is 2.82. The van der Waals surface area contributed by atoms with Crippen LogP contribution in [0.3, 0.4) is 0 Å². The average Bonchev–Trinajstić information content (AvgIpc) is 2.70. The van der Waals surface area contributed by atoms with Gasteiger partial charge in [-0.2, -0.15) is 0 Å². The van der Waals surface area contributed by atoms with Gasteiger partial charge in [-0.1, -0.05) is 18.2 Å². The zero-order valence-corrected chi connectivity index (χ0v) is 9.56. The SMILES string of the molecule is CCN1NC(c2ccccc2OC)CC1=O. The summed E-state index contributed by atoms with van der Waals surface area (Å²) in [4.78, 5) is 11.6. The lowest BCUT2D eigenvalue weighted by molar-refractivity contribution is -0.129. The number of methoxy groups -OCH3 is 1. The van der Waals surface area contributed by atoms with Gasteiger partial charge in [0.15, 0.2) is 0 Å². The first-order valence-electron chi connectivity index (χ1n) is 5.45. The number of nitrogens with one attached hydrogen (secondary N) is 1. The Bertz CT molecular complexity index is 392. The molecule has 1 saturated heterocycles. The average molecular weight is 220 g/mol. The Kier molecular flexibility index (Phi) is 3.10. The minimum atomic E-state index is 0.0311. The van der Waals surface area contributed by atoms with E-state index >= 15 is 0 Å². The standard InChI is InChI=1S/C12H16N2O2/c1-3-14-12(15)8-10(13-14)9-6-4-5-7-11(9)16-2/h4-7,10,13H,3,8H2,1-2H3. The van der Waals surface area contributed by atoms with Gasteiger partial charge < -0.3 is 4.74 Å². The molecule has 2 rings (SSSR count). The van der Waals surface area contributed by atoms with Gasteiger partial charge in [0.1, 0.15) is 5.75 Å². The predicted molar refractivity (Wildman–Crippen MR) is 60.9 cm³/mol. The van der Waals surface area contributed by atoms with E-state index in [2.05, 4.69) is 5.43 Å². The molecular formula is C12H16N2O2. The molecule has 0 aliphatic carbocycles.